The Balaban J connectivity index is 3.14. The van der Waals surface area contributed by atoms with Gasteiger partial charge >= 0.3 is 11.7 Å². The second-order valence-corrected chi connectivity index (χ2v) is 4.26. The van der Waals surface area contributed by atoms with Crippen LogP contribution in [0.15, 0.2) is 6.07 Å². The Morgan fingerprint density at radius 3 is 2.80 bits per heavy atom. The molecule has 0 heterocycles. The molecule has 1 atom stereocenters. The lowest BCUT2D eigenvalue weighted by Gasteiger charge is -2.12. The zero-order valence-electron chi connectivity index (χ0n) is 10.4. The van der Waals surface area contributed by atoms with Crippen LogP contribution in [0.25, 0.3) is 0 Å². The molecule has 110 valence electrons. The van der Waals surface area contributed by atoms with Crippen LogP contribution in [-0.2, 0) is 16.0 Å². The minimum Gasteiger partial charge on any atom is -0.502 e. The summed E-state index contributed by atoms with van der Waals surface area (Å²) in [5.41, 5.74) is 4.27. The maximum atomic E-state index is 13.5. The number of hydrogen-bond donors (Lipinski definition) is 2. The van der Waals surface area contributed by atoms with Crippen LogP contribution in [0.4, 0.5) is 10.1 Å². The predicted octanol–water partition coefficient (Wildman–Crippen LogP) is 1.53. The van der Waals surface area contributed by atoms with Gasteiger partial charge in [0.2, 0.25) is 11.6 Å². The molecule has 0 bridgehead atoms. The van der Waals surface area contributed by atoms with E-state index in [0.717, 1.165) is 6.07 Å². The number of esters is 1. The molecule has 1 rings (SSSR count). The number of ether oxygens (including phenoxy) is 1. The number of nitrogens with zero attached hydrogens (tertiary/aromatic N) is 1. The third kappa shape index (κ3) is 3.34. The predicted molar refractivity (Wildman–Crippen MR) is 68.0 cm³/mol. The first-order valence-electron chi connectivity index (χ1n) is 5.56. The van der Waals surface area contributed by atoms with Gasteiger partial charge in [-0.2, -0.15) is 4.39 Å². The van der Waals surface area contributed by atoms with Gasteiger partial charge < -0.3 is 15.6 Å². The Kier molecular flexibility index (Phi) is 5.23. The van der Waals surface area contributed by atoms with Gasteiger partial charge in [0, 0.05) is 12.0 Å². The van der Waals surface area contributed by atoms with E-state index < -0.39 is 39.2 Å². The first-order valence-corrected chi connectivity index (χ1v) is 5.93. The number of aromatic hydroxyl groups is 1. The highest BCUT2D eigenvalue weighted by Crippen LogP contribution is 2.37. The van der Waals surface area contributed by atoms with Crippen LogP contribution in [0.5, 0.6) is 5.75 Å². The van der Waals surface area contributed by atoms with E-state index >= 15 is 0 Å². The minimum atomic E-state index is -1.34. The molecule has 7 nitrogen and oxygen atoms in total. The van der Waals surface area contributed by atoms with Crippen molar-refractivity contribution in [2.24, 2.45) is 5.73 Å². The van der Waals surface area contributed by atoms with Crippen LogP contribution in [0.1, 0.15) is 12.5 Å². The van der Waals surface area contributed by atoms with Crippen molar-refractivity contribution in [1.82, 2.24) is 0 Å². The van der Waals surface area contributed by atoms with Crippen molar-refractivity contribution in [3.63, 3.8) is 0 Å². The fourth-order valence-corrected chi connectivity index (χ4v) is 1.77. The molecule has 0 fully saturated rings. The molecule has 0 radical (unpaired) electrons. The Labute approximate surface area is 118 Å². The van der Waals surface area contributed by atoms with Gasteiger partial charge in [0.05, 0.1) is 16.6 Å². The van der Waals surface area contributed by atoms with E-state index in [2.05, 4.69) is 4.74 Å². The molecule has 1 aromatic carbocycles. The summed E-state index contributed by atoms with van der Waals surface area (Å²) in [5.74, 6) is -2.99. The lowest BCUT2D eigenvalue weighted by atomic mass is 10.0. The molecule has 9 heteroatoms. The number of phenols is 1. The number of carbonyl (C=O) groups is 1. The monoisotopic (exact) mass is 306 g/mol. The fourth-order valence-electron chi connectivity index (χ4n) is 1.55. The average Bonchev–Trinajstić information content (AvgIpc) is 2.35. The summed E-state index contributed by atoms with van der Waals surface area (Å²) in [6.45, 7) is 1.70. The summed E-state index contributed by atoms with van der Waals surface area (Å²) in [5, 5.41) is 19.8. The molecule has 0 amide bonds. The Morgan fingerprint density at radius 1 is 1.70 bits per heavy atom. The maximum absolute atomic E-state index is 13.5. The molecule has 20 heavy (non-hydrogen) atoms. The number of benzene rings is 1. The number of carbonyl (C=O) groups excluding carboxylic acids is 1. The van der Waals surface area contributed by atoms with Crippen molar-refractivity contribution in [3.05, 3.63) is 32.6 Å². The summed E-state index contributed by atoms with van der Waals surface area (Å²) in [6, 6.07) is -0.167. The highest BCUT2D eigenvalue weighted by atomic mass is 35.5. The van der Waals surface area contributed by atoms with Gasteiger partial charge in [0.15, 0.2) is 0 Å². The van der Waals surface area contributed by atoms with Gasteiger partial charge in [-0.15, -0.1) is 0 Å². The van der Waals surface area contributed by atoms with Crippen molar-refractivity contribution in [2.75, 3.05) is 6.61 Å². The fraction of sp³-hybridized carbons (Fsp3) is 0.364. The average molecular weight is 307 g/mol. The highest BCUT2D eigenvalue weighted by molar-refractivity contribution is 6.31. The van der Waals surface area contributed by atoms with Crippen LogP contribution < -0.4 is 5.73 Å². The van der Waals surface area contributed by atoms with Gasteiger partial charge in [0.25, 0.3) is 0 Å². The molecule has 1 aromatic rings. The number of hydrogen-bond acceptors (Lipinski definition) is 6. The smallest absolute Gasteiger partial charge is 0.347 e. The lowest BCUT2D eigenvalue weighted by molar-refractivity contribution is -0.388. The molecule has 1 unspecified atom stereocenters. The van der Waals surface area contributed by atoms with Gasteiger partial charge in [-0.05, 0) is 13.0 Å². The Morgan fingerprint density at radius 2 is 2.30 bits per heavy atom. The van der Waals surface area contributed by atoms with Crippen molar-refractivity contribution in [1.29, 1.82) is 0 Å². The first-order chi connectivity index (χ1) is 9.29. The lowest BCUT2D eigenvalue weighted by Crippen LogP contribution is -2.34. The second kappa shape index (κ2) is 6.49. The number of nitro groups is 1. The van der Waals surface area contributed by atoms with Gasteiger partial charge in [-0.3, -0.25) is 14.9 Å². The van der Waals surface area contributed by atoms with Crippen LogP contribution in [0.3, 0.4) is 0 Å². The van der Waals surface area contributed by atoms with Crippen LogP contribution in [0, 0.1) is 15.9 Å². The summed E-state index contributed by atoms with van der Waals surface area (Å²) < 4.78 is 18.1. The maximum Gasteiger partial charge on any atom is 0.347 e. The SMILES string of the molecule is CCOC(=O)C(N)Cc1cc(Cl)c(F)c([N+](=O)[O-])c1O. The minimum absolute atomic E-state index is 0.108. The first kappa shape index (κ1) is 16.1. The summed E-state index contributed by atoms with van der Waals surface area (Å²) in [4.78, 5) is 21.0. The molecule has 0 saturated heterocycles. The molecular formula is C11H12ClFN2O5. The summed E-state index contributed by atoms with van der Waals surface area (Å²) in [6.07, 6.45) is -0.272. The van der Waals surface area contributed by atoms with E-state index in [1.807, 2.05) is 0 Å². The molecule has 0 saturated carbocycles. The van der Waals surface area contributed by atoms with Crippen molar-refractivity contribution in [3.8, 4) is 5.75 Å². The Bertz CT molecular complexity index is 552. The van der Waals surface area contributed by atoms with E-state index in [4.69, 9.17) is 17.3 Å². The summed E-state index contributed by atoms with van der Waals surface area (Å²) >= 11 is 5.51. The van der Waals surface area contributed by atoms with Crippen molar-refractivity contribution < 1.29 is 24.0 Å². The topological polar surface area (TPSA) is 116 Å². The zero-order chi connectivity index (χ0) is 15.4. The largest absolute Gasteiger partial charge is 0.502 e. The van der Waals surface area contributed by atoms with Crippen LogP contribution in [-0.4, -0.2) is 28.6 Å². The quantitative estimate of drug-likeness (QED) is 0.484. The molecule has 3 N–H and O–H groups in total. The van der Waals surface area contributed by atoms with E-state index in [1.54, 1.807) is 6.92 Å². The normalized spacial score (nSPS) is 12.0. The molecule has 0 aliphatic carbocycles. The number of phenolic OH excluding ortho intramolecular Hbond substituents is 1. The second-order valence-electron chi connectivity index (χ2n) is 3.85. The van der Waals surface area contributed by atoms with Gasteiger partial charge in [-0.1, -0.05) is 11.6 Å². The Hall–Kier alpha value is -1.93. The molecule has 0 aliphatic rings. The van der Waals surface area contributed by atoms with E-state index in [1.165, 1.54) is 0 Å². The zero-order valence-corrected chi connectivity index (χ0v) is 11.2. The third-order valence-electron chi connectivity index (χ3n) is 2.46. The number of nitro benzene ring substituents is 1. The molecule has 0 aliphatic heterocycles. The number of nitrogens with two attached hydrogens (primary N) is 1. The molecular weight excluding hydrogens is 295 g/mol. The van der Waals surface area contributed by atoms with Crippen LogP contribution >= 0.6 is 11.6 Å². The third-order valence-corrected chi connectivity index (χ3v) is 2.73. The number of halogens is 2. The van der Waals surface area contributed by atoms with Crippen molar-refractivity contribution in [2.45, 2.75) is 19.4 Å². The highest BCUT2D eigenvalue weighted by Gasteiger charge is 2.28. The van der Waals surface area contributed by atoms with Gasteiger partial charge in [0.1, 0.15) is 6.04 Å². The van der Waals surface area contributed by atoms with E-state index in [9.17, 15) is 24.4 Å². The van der Waals surface area contributed by atoms with Crippen molar-refractivity contribution >= 4 is 23.3 Å². The standard InChI is InChI=1S/C11H12ClFN2O5/c1-2-20-11(17)7(14)4-5-3-6(12)8(13)9(10(5)16)15(18)19/h3,7,16H,2,4,14H2,1H3. The number of rotatable bonds is 5. The van der Waals surface area contributed by atoms with Gasteiger partial charge in [-0.25, -0.2) is 0 Å². The molecule has 0 aromatic heterocycles. The molecule has 0 spiro atoms. The van der Waals surface area contributed by atoms with Crippen LogP contribution in [0.2, 0.25) is 5.02 Å². The van der Waals surface area contributed by atoms with E-state index in [-0.39, 0.29) is 18.6 Å². The summed E-state index contributed by atoms with van der Waals surface area (Å²) in [7, 11) is 0. The van der Waals surface area contributed by atoms with E-state index in [0.29, 0.717) is 0 Å².